The molecule has 6 nitrogen and oxygen atoms in total. The van der Waals surface area contributed by atoms with Crippen LogP contribution in [0.4, 0.5) is 24.5 Å². The second-order valence-electron chi connectivity index (χ2n) is 7.85. The van der Waals surface area contributed by atoms with E-state index in [1.54, 1.807) is 43.3 Å². The van der Waals surface area contributed by atoms with Crippen LogP contribution in [0.15, 0.2) is 47.3 Å². The van der Waals surface area contributed by atoms with Crippen molar-refractivity contribution in [2.45, 2.75) is 26.6 Å². The van der Waals surface area contributed by atoms with Crippen LogP contribution < -0.4 is 15.8 Å². The fourth-order valence-electron chi connectivity index (χ4n) is 3.26. The van der Waals surface area contributed by atoms with Gasteiger partial charge in [-0.2, -0.15) is 18.3 Å². The summed E-state index contributed by atoms with van der Waals surface area (Å²) in [5.41, 5.74) is -0.832. The molecule has 1 heterocycles. The van der Waals surface area contributed by atoms with Gasteiger partial charge in [0.15, 0.2) is 5.69 Å². The van der Waals surface area contributed by atoms with Crippen LogP contribution >= 0.6 is 0 Å². The van der Waals surface area contributed by atoms with Gasteiger partial charge in [-0.15, -0.1) is 0 Å². The number of benzene rings is 2. The highest BCUT2D eigenvalue weighted by Crippen LogP contribution is 2.35. The van der Waals surface area contributed by atoms with E-state index in [1.165, 1.54) is 10.7 Å². The van der Waals surface area contributed by atoms with Crippen molar-refractivity contribution >= 4 is 28.1 Å². The van der Waals surface area contributed by atoms with Gasteiger partial charge in [0.1, 0.15) is 0 Å². The van der Waals surface area contributed by atoms with Crippen molar-refractivity contribution in [2.75, 3.05) is 24.3 Å². The van der Waals surface area contributed by atoms with Crippen molar-refractivity contribution < 1.29 is 18.0 Å². The van der Waals surface area contributed by atoms with Gasteiger partial charge < -0.3 is 10.2 Å². The molecule has 1 amide bonds. The number of nitrogens with zero attached hydrogens (tertiary/aromatic N) is 3. The van der Waals surface area contributed by atoms with Gasteiger partial charge in [-0.05, 0) is 30.2 Å². The molecule has 0 aliphatic heterocycles. The van der Waals surface area contributed by atoms with E-state index in [4.69, 9.17) is 0 Å². The van der Waals surface area contributed by atoms with Crippen LogP contribution in [-0.2, 0) is 12.7 Å². The summed E-state index contributed by atoms with van der Waals surface area (Å²) < 4.78 is 40.9. The smallest absolute Gasteiger partial charge is 0.376 e. The highest BCUT2D eigenvalue weighted by molar-refractivity contribution is 6.12. The zero-order valence-corrected chi connectivity index (χ0v) is 17.6. The molecule has 0 aliphatic rings. The minimum Gasteiger partial charge on any atom is -0.376 e. The van der Waals surface area contributed by atoms with E-state index < -0.39 is 17.6 Å². The Morgan fingerprint density at radius 2 is 1.77 bits per heavy atom. The Hall–Kier alpha value is -3.36. The number of alkyl halides is 3. The maximum atomic E-state index is 13.2. The van der Waals surface area contributed by atoms with E-state index in [2.05, 4.69) is 10.4 Å². The van der Waals surface area contributed by atoms with Gasteiger partial charge in [0.25, 0.3) is 11.5 Å². The minimum absolute atomic E-state index is 0.00249. The van der Waals surface area contributed by atoms with Gasteiger partial charge in [-0.3, -0.25) is 9.59 Å². The second-order valence-corrected chi connectivity index (χ2v) is 7.85. The van der Waals surface area contributed by atoms with Crippen LogP contribution in [0.25, 0.3) is 10.8 Å². The summed E-state index contributed by atoms with van der Waals surface area (Å²) in [6, 6.07) is 9.69. The van der Waals surface area contributed by atoms with Crippen LogP contribution in [0, 0.1) is 5.92 Å². The normalized spacial score (nSPS) is 11.7. The Kier molecular flexibility index (Phi) is 6.06. The highest BCUT2D eigenvalue weighted by Gasteiger charge is 2.31. The lowest BCUT2D eigenvalue weighted by atomic mass is 10.1. The molecule has 0 fully saturated rings. The second kappa shape index (κ2) is 8.41. The number of halogens is 3. The number of anilines is 2. The number of hydrogen-bond acceptors (Lipinski definition) is 4. The van der Waals surface area contributed by atoms with E-state index in [-0.39, 0.29) is 22.9 Å². The summed E-state index contributed by atoms with van der Waals surface area (Å²) in [4.78, 5) is 27.5. The first-order chi connectivity index (χ1) is 14.5. The average Bonchev–Trinajstić information content (AvgIpc) is 2.68. The number of nitrogens with one attached hydrogen (secondary N) is 1. The lowest BCUT2D eigenvalue weighted by Gasteiger charge is -2.20. The maximum absolute atomic E-state index is 13.2. The Bertz CT molecular complexity index is 1180. The number of fused-ring (bicyclic) bond motifs is 1. The molecule has 1 N–H and O–H groups in total. The molecular formula is C22H23F3N4O2. The average molecular weight is 432 g/mol. The third-order valence-corrected chi connectivity index (χ3v) is 4.67. The maximum Gasteiger partial charge on any atom is 0.416 e. The van der Waals surface area contributed by atoms with E-state index in [9.17, 15) is 22.8 Å². The number of carbonyl (C=O) groups excluding carboxylic acids is 1. The van der Waals surface area contributed by atoms with Crippen molar-refractivity contribution in [3.63, 3.8) is 0 Å². The van der Waals surface area contributed by atoms with E-state index in [0.29, 0.717) is 23.0 Å². The van der Waals surface area contributed by atoms with Crippen molar-refractivity contribution in [1.82, 2.24) is 9.78 Å². The Balaban J connectivity index is 2.12. The quantitative estimate of drug-likeness (QED) is 0.650. The van der Waals surface area contributed by atoms with Crippen molar-refractivity contribution in [3.05, 3.63) is 64.1 Å². The number of amides is 1. The highest BCUT2D eigenvalue weighted by atomic mass is 19.4. The van der Waals surface area contributed by atoms with Crippen molar-refractivity contribution in [3.8, 4) is 0 Å². The first kappa shape index (κ1) is 22.3. The molecule has 1 aromatic heterocycles. The standard InChI is InChI=1S/C22H23F3N4O2/c1-13(2)12-29-21(31)16-8-6-5-7-15(16)19(27-29)20(30)26-17-11-14(22(23,24)25)9-10-18(17)28(3)4/h5-11,13H,12H2,1-4H3,(H,26,30). The number of carbonyl (C=O) groups is 1. The Labute approximate surface area is 177 Å². The molecule has 0 saturated carbocycles. The molecule has 0 atom stereocenters. The first-order valence-electron chi connectivity index (χ1n) is 9.69. The van der Waals surface area contributed by atoms with Crippen molar-refractivity contribution in [1.29, 1.82) is 0 Å². The van der Waals surface area contributed by atoms with Gasteiger partial charge >= 0.3 is 6.18 Å². The lowest BCUT2D eigenvalue weighted by Crippen LogP contribution is -2.29. The van der Waals surface area contributed by atoms with Crippen LogP contribution in [0.1, 0.15) is 29.9 Å². The fourth-order valence-corrected chi connectivity index (χ4v) is 3.26. The molecule has 2 aromatic carbocycles. The number of hydrogen-bond donors (Lipinski definition) is 1. The summed E-state index contributed by atoms with van der Waals surface area (Å²) in [6.45, 7) is 4.13. The number of aromatic nitrogens is 2. The van der Waals surface area contributed by atoms with Gasteiger partial charge in [-0.25, -0.2) is 4.68 Å². The van der Waals surface area contributed by atoms with Gasteiger partial charge in [-0.1, -0.05) is 32.0 Å². The molecule has 3 rings (SSSR count). The summed E-state index contributed by atoms with van der Waals surface area (Å²) in [5, 5.41) is 7.45. The van der Waals surface area contributed by atoms with E-state index in [0.717, 1.165) is 12.1 Å². The molecule has 0 saturated heterocycles. The zero-order chi connectivity index (χ0) is 22.9. The molecule has 0 radical (unpaired) electrons. The van der Waals surface area contributed by atoms with Crippen LogP contribution in [-0.4, -0.2) is 29.8 Å². The molecule has 0 spiro atoms. The van der Waals surface area contributed by atoms with Crippen LogP contribution in [0.3, 0.4) is 0 Å². The first-order valence-corrected chi connectivity index (χ1v) is 9.69. The molecule has 9 heteroatoms. The monoisotopic (exact) mass is 432 g/mol. The predicted molar refractivity (Wildman–Crippen MR) is 115 cm³/mol. The molecule has 164 valence electrons. The fraction of sp³-hybridized carbons (Fsp3) is 0.318. The summed E-state index contributed by atoms with van der Waals surface area (Å²) in [5.74, 6) is -0.595. The zero-order valence-electron chi connectivity index (χ0n) is 17.6. The molecular weight excluding hydrogens is 409 g/mol. The SMILES string of the molecule is CC(C)Cn1nc(C(=O)Nc2cc(C(F)(F)F)ccc2N(C)C)c2ccccc2c1=O. The molecule has 0 unspecified atom stereocenters. The van der Waals surface area contributed by atoms with Crippen molar-refractivity contribution in [2.24, 2.45) is 5.92 Å². The third-order valence-electron chi connectivity index (χ3n) is 4.67. The summed E-state index contributed by atoms with van der Waals surface area (Å²) in [7, 11) is 3.32. The Morgan fingerprint density at radius 1 is 1.13 bits per heavy atom. The molecule has 0 aliphatic carbocycles. The van der Waals surface area contributed by atoms with E-state index >= 15 is 0 Å². The van der Waals surface area contributed by atoms with Gasteiger partial charge in [0.05, 0.1) is 22.3 Å². The number of rotatable bonds is 5. The summed E-state index contributed by atoms with van der Waals surface area (Å²) in [6.07, 6.45) is -4.56. The third kappa shape index (κ3) is 4.70. The molecule has 3 aromatic rings. The van der Waals surface area contributed by atoms with Gasteiger partial charge in [0.2, 0.25) is 0 Å². The predicted octanol–water partition coefficient (Wildman–Crippen LogP) is 4.39. The lowest BCUT2D eigenvalue weighted by molar-refractivity contribution is -0.137. The van der Waals surface area contributed by atoms with Crippen LogP contribution in [0.5, 0.6) is 0 Å². The largest absolute Gasteiger partial charge is 0.416 e. The molecule has 0 bridgehead atoms. The Morgan fingerprint density at radius 3 is 2.35 bits per heavy atom. The minimum atomic E-state index is -4.56. The summed E-state index contributed by atoms with van der Waals surface area (Å²) >= 11 is 0. The molecule has 31 heavy (non-hydrogen) atoms. The topological polar surface area (TPSA) is 67.2 Å². The van der Waals surface area contributed by atoms with E-state index in [1.807, 2.05) is 13.8 Å². The van der Waals surface area contributed by atoms with Gasteiger partial charge in [0, 0.05) is 26.0 Å². The van der Waals surface area contributed by atoms with Crippen LogP contribution in [0.2, 0.25) is 0 Å².